The van der Waals surface area contributed by atoms with Gasteiger partial charge in [0.1, 0.15) is 0 Å². The van der Waals surface area contributed by atoms with Crippen molar-refractivity contribution in [2.45, 2.75) is 12.8 Å². The van der Waals surface area contributed by atoms with Gasteiger partial charge in [0.15, 0.2) is 0 Å². The summed E-state index contributed by atoms with van der Waals surface area (Å²) in [5.74, 6) is 0. The number of pyridine rings is 1. The Labute approximate surface area is 121 Å². The van der Waals surface area contributed by atoms with Crippen LogP contribution in [0.4, 0.5) is 0 Å². The standard InChI is InChI=1S/C15H12Cl2NO/c1-9-12-5-3-11(16)8-10(12)2-4-13-14(17)6-7-18(19)15(9)13/h3,5-8,19H,1-2,4H2/q+1. The van der Waals surface area contributed by atoms with Gasteiger partial charge < -0.3 is 0 Å². The van der Waals surface area contributed by atoms with Crippen molar-refractivity contribution in [2.24, 2.45) is 0 Å². The molecule has 0 radical (unpaired) electrons. The van der Waals surface area contributed by atoms with E-state index in [0.717, 1.165) is 39.8 Å². The average Bonchev–Trinajstić information content (AvgIpc) is 2.52. The lowest BCUT2D eigenvalue weighted by Gasteiger charge is -2.06. The van der Waals surface area contributed by atoms with Crippen molar-refractivity contribution in [2.75, 3.05) is 0 Å². The van der Waals surface area contributed by atoms with Crippen LogP contribution >= 0.6 is 23.2 Å². The van der Waals surface area contributed by atoms with Crippen molar-refractivity contribution < 1.29 is 9.94 Å². The molecular weight excluding hydrogens is 281 g/mol. The summed E-state index contributed by atoms with van der Waals surface area (Å²) in [6.45, 7) is 4.11. The molecule has 0 fully saturated rings. The quantitative estimate of drug-likeness (QED) is 0.581. The number of rotatable bonds is 0. The molecule has 1 aliphatic carbocycles. The Balaban J connectivity index is 2.26. The predicted octanol–water partition coefficient (Wildman–Crippen LogP) is 3.68. The van der Waals surface area contributed by atoms with Crippen LogP contribution in [0.2, 0.25) is 10.0 Å². The van der Waals surface area contributed by atoms with E-state index in [1.165, 1.54) is 6.20 Å². The van der Waals surface area contributed by atoms with Crippen LogP contribution in [0, 0.1) is 0 Å². The highest BCUT2D eigenvalue weighted by Crippen LogP contribution is 2.34. The highest BCUT2D eigenvalue weighted by Gasteiger charge is 2.28. The number of fused-ring (bicyclic) bond motifs is 2. The van der Waals surface area contributed by atoms with E-state index >= 15 is 0 Å². The van der Waals surface area contributed by atoms with Gasteiger partial charge in [-0.2, -0.15) is 0 Å². The number of nitrogens with zero attached hydrogens (tertiary/aromatic N) is 1. The first-order valence-electron chi connectivity index (χ1n) is 5.98. The number of hydrogen-bond donors (Lipinski definition) is 1. The minimum absolute atomic E-state index is 0.653. The second kappa shape index (κ2) is 4.55. The summed E-state index contributed by atoms with van der Waals surface area (Å²) in [7, 11) is 0. The molecule has 1 heterocycles. The Bertz CT molecular complexity index is 695. The molecule has 0 aliphatic heterocycles. The number of aromatic nitrogens is 1. The normalized spacial score (nSPS) is 13.7. The Morgan fingerprint density at radius 3 is 2.74 bits per heavy atom. The van der Waals surface area contributed by atoms with E-state index in [9.17, 15) is 5.21 Å². The lowest BCUT2D eigenvalue weighted by Crippen LogP contribution is -2.35. The predicted molar refractivity (Wildman–Crippen MR) is 75.8 cm³/mol. The molecule has 0 spiro atoms. The van der Waals surface area contributed by atoms with Crippen molar-refractivity contribution in [3.63, 3.8) is 0 Å². The molecule has 2 aromatic rings. The summed E-state index contributed by atoms with van der Waals surface area (Å²) >= 11 is 12.3. The third-order valence-corrected chi connectivity index (χ3v) is 4.08. The van der Waals surface area contributed by atoms with E-state index in [2.05, 4.69) is 6.58 Å². The molecule has 1 N–H and O–H groups in total. The fourth-order valence-electron chi connectivity index (χ4n) is 2.57. The summed E-state index contributed by atoms with van der Waals surface area (Å²) in [6.07, 6.45) is 3.11. The summed E-state index contributed by atoms with van der Waals surface area (Å²) in [5, 5.41) is 11.4. The fourth-order valence-corrected chi connectivity index (χ4v) is 3.01. The molecule has 0 amide bonds. The molecule has 0 bridgehead atoms. The van der Waals surface area contributed by atoms with E-state index in [0.29, 0.717) is 15.7 Å². The molecule has 0 unspecified atom stereocenters. The van der Waals surface area contributed by atoms with Gasteiger partial charge in [-0.15, -0.1) is 0 Å². The molecule has 1 aliphatic rings. The lowest BCUT2D eigenvalue weighted by molar-refractivity contribution is -0.906. The van der Waals surface area contributed by atoms with Gasteiger partial charge in [0.2, 0.25) is 6.20 Å². The third-order valence-electron chi connectivity index (χ3n) is 3.49. The van der Waals surface area contributed by atoms with Crippen LogP contribution in [-0.2, 0) is 12.8 Å². The molecule has 3 rings (SSSR count). The number of halogens is 2. The molecule has 0 atom stereocenters. The van der Waals surface area contributed by atoms with Crippen molar-refractivity contribution in [1.29, 1.82) is 0 Å². The Morgan fingerprint density at radius 1 is 1.16 bits per heavy atom. The average molecular weight is 293 g/mol. The first-order chi connectivity index (χ1) is 9.08. The van der Waals surface area contributed by atoms with Gasteiger partial charge in [0, 0.05) is 21.4 Å². The SMILES string of the molecule is C=C1c2ccc(Cl)cc2CCc2c(Cl)cc[n+](O)c21. The zero-order chi connectivity index (χ0) is 13.6. The summed E-state index contributed by atoms with van der Waals surface area (Å²) in [4.78, 5) is 0. The van der Waals surface area contributed by atoms with Crippen LogP contribution in [0.5, 0.6) is 0 Å². The third kappa shape index (κ3) is 2.01. The summed E-state index contributed by atoms with van der Waals surface area (Å²) < 4.78 is 1.09. The highest BCUT2D eigenvalue weighted by atomic mass is 35.5. The van der Waals surface area contributed by atoms with Crippen LogP contribution in [-0.4, -0.2) is 5.21 Å². The molecular formula is C15H12Cl2NO+. The second-order valence-corrected chi connectivity index (χ2v) is 5.46. The van der Waals surface area contributed by atoms with E-state index in [4.69, 9.17) is 23.2 Å². The number of aryl methyl sites for hydroxylation is 1. The minimum Gasteiger partial charge on any atom is -0.285 e. The van der Waals surface area contributed by atoms with Crippen LogP contribution in [0.1, 0.15) is 22.4 Å². The van der Waals surface area contributed by atoms with Crippen molar-refractivity contribution >= 4 is 28.8 Å². The van der Waals surface area contributed by atoms with Crippen molar-refractivity contribution in [3.05, 3.63) is 69.5 Å². The number of hydrogen-bond acceptors (Lipinski definition) is 1. The van der Waals surface area contributed by atoms with Crippen molar-refractivity contribution in [3.8, 4) is 0 Å². The van der Waals surface area contributed by atoms with Gasteiger partial charge in [0.05, 0.1) is 10.6 Å². The zero-order valence-corrected chi connectivity index (χ0v) is 11.7. The molecule has 19 heavy (non-hydrogen) atoms. The maximum absolute atomic E-state index is 10.0. The van der Waals surface area contributed by atoms with E-state index < -0.39 is 0 Å². The van der Waals surface area contributed by atoms with Gasteiger partial charge in [-0.3, -0.25) is 5.21 Å². The molecule has 4 heteroatoms. The molecule has 96 valence electrons. The molecule has 2 nitrogen and oxygen atoms in total. The number of benzene rings is 1. The van der Waals surface area contributed by atoms with Gasteiger partial charge in [-0.25, -0.2) is 0 Å². The Morgan fingerprint density at radius 2 is 1.95 bits per heavy atom. The van der Waals surface area contributed by atoms with Gasteiger partial charge in [0.25, 0.3) is 5.69 Å². The zero-order valence-electron chi connectivity index (χ0n) is 10.2. The topological polar surface area (TPSA) is 24.1 Å². The highest BCUT2D eigenvalue weighted by molar-refractivity contribution is 6.31. The van der Waals surface area contributed by atoms with E-state index in [-0.39, 0.29) is 0 Å². The van der Waals surface area contributed by atoms with Crippen LogP contribution in [0.25, 0.3) is 5.57 Å². The Hall–Kier alpha value is -1.51. The molecule has 0 saturated carbocycles. The first-order valence-corrected chi connectivity index (χ1v) is 6.74. The fraction of sp³-hybridized carbons (Fsp3) is 0.133. The first kappa shape index (κ1) is 12.5. The van der Waals surface area contributed by atoms with Crippen LogP contribution < -0.4 is 4.73 Å². The summed E-state index contributed by atoms with van der Waals surface area (Å²) in [5.41, 5.74) is 4.50. The van der Waals surface area contributed by atoms with Gasteiger partial charge in [-0.1, -0.05) is 35.8 Å². The smallest absolute Gasteiger partial charge is 0.269 e. The lowest BCUT2D eigenvalue weighted by atomic mass is 9.99. The Kier molecular flexibility index (Phi) is 3.00. The van der Waals surface area contributed by atoms with E-state index in [1.807, 2.05) is 18.2 Å². The van der Waals surface area contributed by atoms with Crippen LogP contribution in [0.3, 0.4) is 0 Å². The van der Waals surface area contributed by atoms with Gasteiger partial charge in [-0.05, 0) is 36.1 Å². The van der Waals surface area contributed by atoms with E-state index in [1.54, 1.807) is 6.07 Å². The summed E-state index contributed by atoms with van der Waals surface area (Å²) in [6, 6.07) is 7.42. The molecule has 1 aromatic carbocycles. The second-order valence-electron chi connectivity index (χ2n) is 4.62. The maximum Gasteiger partial charge on any atom is 0.269 e. The monoisotopic (exact) mass is 292 g/mol. The largest absolute Gasteiger partial charge is 0.285 e. The van der Waals surface area contributed by atoms with Crippen molar-refractivity contribution in [1.82, 2.24) is 0 Å². The van der Waals surface area contributed by atoms with Gasteiger partial charge >= 0.3 is 0 Å². The van der Waals surface area contributed by atoms with Crippen LogP contribution in [0.15, 0.2) is 37.0 Å². The molecule has 1 aromatic heterocycles. The maximum atomic E-state index is 10.0. The minimum atomic E-state index is 0.653. The molecule has 0 saturated heterocycles.